The first kappa shape index (κ1) is 12.0. The van der Waals surface area contributed by atoms with E-state index in [1.807, 2.05) is 0 Å². The monoisotopic (exact) mass is 200 g/mol. The van der Waals surface area contributed by atoms with Gasteiger partial charge in [0.2, 0.25) is 0 Å². The van der Waals surface area contributed by atoms with Gasteiger partial charge >= 0.3 is 0 Å². The van der Waals surface area contributed by atoms with Gasteiger partial charge in [-0.3, -0.25) is 0 Å². The molecule has 1 unspecified atom stereocenters. The van der Waals surface area contributed by atoms with Crippen LogP contribution in [-0.4, -0.2) is 30.1 Å². The van der Waals surface area contributed by atoms with Crippen molar-refractivity contribution in [2.45, 2.75) is 52.2 Å². The first-order valence-electron chi connectivity index (χ1n) is 5.73. The Labute approximate surface area is 87.6 Å². The Morgan fingerprint density at radius 2 is 1.86 bits per heavy atom. The Kier molecular flexibility index (Phi) is 4.85. The van der Waals surface area contributed by atoms with Crippen LogP contribution in [0.4, 0.5) is 0 Å². The topological polar surface area (TPSA) is 38.5 Å². The van der Waals surface area contributed by atoms with Crippen LogP contribution in [0.1, 0.15) is 40.0 Å². The third-order valence-corrected chi connectivity index (χ3v) is 3.28. The van der Waals surface area contributed by atoms with Crippen molar-refractivity contribution in [3.63, 3.8) is 0 Å². The number of nitrogens with two attached hydrogens (primary N) is 1. The van der Waals surface area contributed by atoms with Crippen LogP contribution >= 0.6 is 0 Å². The summed E-state index contributed by atoms with van der Waals surface area (Å²) in [7, 11) is 0. The third-order valence-electron chi connectivity index (χ3n) is 3.28. The maximum atomic E-state index is 5.15. The quantitative estimate of drug-likeness (QED) is 0.703. The molecule has 0 radical (unpaired) electrons. The van der Waals surface area contributed by atoms with Gasteiger partial charge in [-0.1, -0.05) is 0 Å². The normalized spacial score (nSPS) is 22.9. The van der Waals surface area contributed by atoms with Gasteiger partial charge < -0.3 is 9.74 Å². The maximum Gasteiger partial charge on any atom is 0.0762 e. The lowest BCUT2D eigenvalue weighted by Crippen LogP contribution is -2.39. The molecule has 84 valence electrons. The van der Waals surface area contributed by atoms with Crippen LogP contribution in [0.2, 0.25) is 0 Å². The average molecular weight is 200 g/mol. The molecule has 0 aromatic heterocycles. The summed E-state index contributed by atoms with van der Waals surface area (Å²) in [6, 6.07) is 0.694. The number of likely N-dealkylation sites (tertiary alicyclic amines) is 1. The van der Waals surface area contributed by atoms with E-state index in [1.165, 1.54) is 25.9 Å². The smallest absolute Gasteiger partial charge is 0.0762 e. The van der Waals surface area contributed by atoms with Crippen LogP contribution in [0.25, 0.3) is 0 Å². The number of nitrogens with zero attached hydrogens (tertiary/aromatic N) is 1. The van der Waals surface area contributed by atoms with E-state index in [-0.39, 0.29) is 6.10 Å². The number of hydrogen-bond donors (Lipinski definition) is 1. The van der Waals surface area contributed by atoms with Crippen LogP contribution in [0.3, 0.4) is 0 Å². The van der Waals surface area contributed by atoms with E-state index in [4.69, 9.17) is 10.7 Å². The molecule has 1 saturated heterocycles. The summed E-state index contributed by atoms with van der Waals surface area (Å²) >= 11 is 0. The zero-order valence-corrected chi connectivity index (χ0v) is 9.70. The fourth-order valence-electron chi connectivity index (χ4n) is 2.23. The van der Waals surface area contributed by atoms with Gasteiger partial charge in [0.05, 0.1) is 6.10 Å². The van der Waals surface area contributed by atoms with Gasteiger partial charge in [0, 0.05) is 6.04 Å². The van der Waals surface area contributed by atoms with Crippen molar-refractivity contribution >= 4 is 0 Å². The Morgan fingerprint density at radius 3 is 2.29 bits per heavy atom. The van der Waals surface area contributed by atoms with Gasteiger partial charge in [-0.25, -0.2) is 5.90 Å². The number of hydrogen-bond acceptors (Lipinski definition) is 3. The van der Waals surface area contributed by atoms with Crippen molar-refractivity contribution in [3.8, 4) is 0 Å². The largest absolute Gasteiger partial charge is 0.302 e. The summed E-state index contributed by atoms with van der Waals surface area (Å²) in [6.07, 6.45) is 3.92. The molecule has 14 heavy (non-hydrogen) atoms. The first-order chi connectivity index (χ1) is 6.63. The highest BCUT2D eigenvalue weighted by Crippen LogP contribution is 2.23. The van der Waals surface area contributed by atoms with Crippen molar-refractivity contribution in [2.24, 2.45) is 11.8 Å². The first-order valence-corrected chi connectivity index (χ1v) is 5.73. The summed E-state index contributed by atoms with van der Waals surface area (Å²) in [6.45, 7) is 9.06. The molecular formula is C11H24N2O. The van der Waals surface area contributed by atoms with Crippen LogP contribution in [0.15, 0.2) is 0 Å². The van der Waals surface area contributed by atoms with E-state index < -0.39 is 0 Å². The Bertz CT molecular complexity index is 153. The van der Waals surface area contributed by atoms with Crippen molar-refractivity contribution in [2.75, 3.05) is 13.1 Å². The van der Waals surface area contributed by atoms with E-state index in [0.717, 1.165) is 12.3 Å². The maximum absolute atomic E-state index is 5.15. The van der Waals surface area contributed by atoms with Gasteiger partial charge in [0.25, 0.3) is 0 Å². The lowest BCUT2D eigenvalue weighted by molar-refractivity contribution is 0.0359. The van der Waals surface area contributed by atoms with Gasteiger partial charge in [0.15, 0.2) is 0 Å². The molecule has 0 saturated carbocycles. The molecular weight excluding hydrogens is 176 g/mol. The van der Waals surface area contributed by atoms with Crippen molar-refractivity contribution in [1.29, 1.82) is 0 Å². The Balaban J connectivity index is 2.22. The molecule has 0 spiro atoms. The van der Waals surface area contributed by atoms with E-state index in [0.29, 0.717) is 6.04 Å². The zero-order chi connectivity index (χ0) is 10.6. The highest BCUT2D eigenvalue weighted by molar-refractivity contribution is 4.75. The second kappa shape index (κ2) is 5.69. The summed E-state index contributed by atoms with van der Waals surface area (Å²) in [5.74, 6) is 5.96. The molecule has 0 amide bonds. The van der Waals surface area contributed by atoms with Crippen LogP contribution in [0.5, 0.6) is 0 Å². The minimum Gasteiger partial charge on any atom is -0.302 e. The molecule has 0 aromatic carbocycles. The van der Waals surface area contributed by atoms with Crippen molar-refractivity contribution < 1.29 is 4.84 Å². The minimum atomic E-state index is 0.214. The predicted octanol–water partition coefficient (Wildman–Crippen LogP) is 1.78. The SMILES string of the molecule is CC(CC1CCN(C(C)C)CC1)ON. The molecule has 1 aliphatic rings. The lowest BCUT2D eigenvalue weighted by atomic mass is 9.91. The molecule has 1 atom stereocenters. The summed E-state index contributed by atoms with van der Waals surface area (Å²) in [5, 5.41) is 0. The summed E-state index contributed by atoms with van der Waals surface area (Å²) < 4.78 is 0. The summed E-state index contributed by atoms with van der Waals surface area (Å²) in [5.41, 5.74) is 0. The lowest BCUT2D eigenvalue weighted by Gasteiger charge is -2.35. The fourth-order valence-corrected chi connectivity index (χ4v) is 2.23. The van der Waals surface area contributed by atoms with Crippen LogP contribution < -0.4 is 5.90 Å². The van der Waals surface area contributed by atoms with Crippen LogP contribution in [0, 0.1) is 5.92 Å². The van der Waals surface area contributed by atoms with Gasteiger partial charge in [0.1, 0.15) is 0 Å². The van der Waals surface area contributed by atoms with E-state index >= 15 is 0 Å². The number of rotatable bonds is 4. The van der Waals surface area contributed by atoms with Gasteiger partial charge in [-0.15, -0.1) is 0 Å². The molecule has 0 bridgehead atoms. The molecule has 1 aliphatic heterocycles. The van der Waals surface area contributed by atoms with E-state index in [9.17, 15) is 0 Å². The highest BCUT2D eigenvalue weighted by atomic mass is 16.6. The second-order valence-electron chi connectivity index (χ2n) is 4.76. The van der Waals surface area contributed by atoms with Crippen LogP contribution in [-0.2, 0) is 4.84 Å². The molecule has 0 aliphatic carbocycles. The Morgan fingerprint density at radius 1 is 1.29 bits per heavy atom. The highest BCUT2D eigenvalue weighted by Gasteiger charge is 2.22. The van der Waals surface area contributed by atoms with Crippen molar-refractivity contribution in [3.05, 3.63) is 0 Å². The molecule has 3 nitrogen and oxygen atoms in total. The fraction of sp³-hybridized carbons (Fsp3) is 1.00. The molecule has 1 heterocycles. The third kappa shape index (κ3) is 3.56. The van der Waals surface area contributed by atoms with Gasteiger partial charge in [-0.05, 0) is 59.0 Å². The molecule has 1 rings (SSSR count). The standard InChI is InChI=1S/C11H24N2O/c1-9(2)13-6-4-11(5-7-13)8-10(3)14-12/h9-11H,4-8,12H2,1-3H3. The van der Waals surface area contributed by atoms with Crippen molar-refractivity contribution in [1.82, 2.24) is 4.90 Å². The molecule has 1 fully saturated rings. The van der Waals surface area contributed by atoms with E-state index in [1.54, 1.807) is 0 Å². The predicted molar refractivity (Wildman–Crippen MR) is 58.8 cm³/mol. The van der Waals surface area contributed by atoms with E-state index in [2.05, 4.69) is 25.7 Å². The Hall–Kier alpha value is -0.120. The van der Waals surface area contributed by atoms with Gasteiger partial charge in [-0.2, -0.15) is 0 Å². The molecule has 0 aromatic rings. The summed E-state index contributed by atoms with van der Waals surface area (Å²) in [4.78, 5) is 7.36. The average Bonchev–Trinajstić information content (AvgIpc) is 2.18. The second-order valence-corrected chi connectivity index (χ2v) is 4.76. The molecule has 3 heteroatoms. The number of piperidine rings is 1. The molecule has 2 N–H and O–H groups in total. The zero-order valence-electron chi connectivity index (χ0n) is 9.70. The minimum absolute atomic E-state index is 0.214.